The quantitative estimate of drug-likeness (QED) is 0.751. The Kier molecular flexibility index (Phi) is 6.45. The molecule has 0 aliphatic carbocycles. The molecule has 2 unspecified atom stereocenters. The summed E-state index contributed by atoms with van der Waals surface area (Å²) in [6.45, 7) is 8.72. The van der Waals surface area contributed by atoms with E-state index >= 15 is 0 Å². The molecule has 1 aromatic heterocycles. The van der Waals surface area contributed by atoms with Gasteiger partial charge in [-0.05, 0) is 39.0 Å². The highest BCUT2D eigenvalue weighted by Gasteiger charge is 2.24. The van der Waals surface area contributed by atoms with Gasteiger partial charge >= 0.3 is 5.69 Å². The molecule has 0 saturated carbocycles. The predicted molar refractivity (Wildman–Crippen MR) is 97.1 cm³/mol. The fraction of sp³-hybridized carbons (Fsp3) is 0.778. The van der Waals surface area contributed by atoms with Crippen LogP contribution in [0.15, 0.2) is 15.8 Å². The number of aryl methyl sites for hydroxylation is 1. The van der Waals surface area contributed by atoms with Crippen molar-refractivity contribution < 1.29 is 4.74 Å². The summed E-state index contributed by atoms with van der Waals surface area (Å²) in [6.07, 6.45) is 7.11. The second-order valence-electron chi connectivity index (χ2n) is 7.31. The molecule has 140 valence electrons. The number of aromatic amines is 2. The summed E-state index contributed by atoms with van der Waals surface area (Å²) in [5.74, 6) is 0. The molecule has 25 heavy (non-hydrogen) atoms. The first-order valence-corrected chi connectivity index (χ1v) is 9.50. The van der Waals surface area contributed by atoms with Crippen molar-refractivity contribution in [2.24, 2.45) is 0 Å². The smallest absolute Gasteiger partial charge is 0.325 e. The molecule has 0 aromatic carbocycles. The highest BCUT2D eigenvalue weighted by Crippen LogP contribution is 2.16. The largest absolute Gasteiger partial charge is 0.377 e. The first-order chi connectivity index (χ1) is 12.1. The van der Waals surface area contributed by atoms with Gasteiger partial charge in [-0.2, -0.15) is 0 Å². The van der Waals surface area contributed by atoms with Crippen molar-refractivity contribution in [2.75, 3.05) is 39.3 Å². The number of piperazine rings is 1. The Balaban J connectivity index is 1.36. The van der Waals surface area contributed by atoms with E-state index in [0.29, 0.717) is 24.1 Å². The van der Waals surface area contributed by atoms with Gasteiger partial charge in [-0.1, -0.05) is 0 Å². The maximum atomic E-state index is 11.7. The number of hydrogen-bond donors (Lipinski definition) is 2. The zero-order chi connectivity index (χ0) is 17.6. The summed E-state index contributed by atoms with van der Waals surface area (Å²) in [4.78, 5) is 32.6. The van der Waals surface area contributed by atoms with Crippen LogP contribution in [0.3, 0.4) is 0 Å². The number of H-pyrrole nitrogens is 2. The van der Waals surface area contributed by atoms with E-state index in [9.17, 15) is 9.59 Å². The third-order valence-corrected chi connectivity index (χ3v) is 5.48. The van der Waals surface area contributed by atoms with Crippen molar-refractivity contribution in [3.8, 4) is 0 Å². The van der Waals surface area contributed by atoms with Gasteiger partial charge in [-0.3, -0.25) is 19.6 Å². The van der Waals surface area contributed by atoms with Gasteiger partial charge in [-0.25, -0.2) is 4.79 Å². The van der Waals surface area contributed by atoms with Gasteiger partial charge in [0.05, 0.1) is 6.10 Å². The fourth-order valence-electron chi connectivity index (χ4n) is 3.86. The molecule has 0 bridgehead atoms. The minimum Gasteiger partial charge on any atom is -0.377 e. The Morgan fingerprint density at radius 3 is 2.76 bits per heavy atom. The Bertz CT molecular complexity index is 642. The van der Waals surface area contributed by atoms with Crippen LogP contribution in [0.1, 0.15) is 38.2 Å². The number of ether oxygens (including phenoxy) is 1. The average molecular weight is 350 g/mol. The molecule has 0 spiro atoms. The lowest BCUT2D eigenvalue weighted by Gasteiger charge is -2.38. The first kappa shape index (κ1) is 18.4. The van der Waals surface area contributed by atoms with Crippen LogP contribution in [0.4, 0.5) is 0 Å². The van der Waals surface area contributed by atoms with E-state index < -0.39 is 5.69 Å². The Morgan fingerprint density at radius 2 is 2.08 bits per heavy atom. The summed E-state index contributed by atoms with van der Waals surface area (Å²) >= 11 is 0. The Morgan fingerprint density at radius 1 is 1.28 bits per heavy atom. The summed E-state index contributed by atoms with van der Waals surface area (Å²) in [5.41, 5.74) is -0.0460. The molecular weight excluding hydrogens is 320 g/mol. The third kappa shape index (κ3) is 5.26. The van der Waals surface area contributed by atoms with Gasteiger partial charge in [0.1, 0.15) is 0 Å². The molecule has 0 amide bonds. The normalized spacial score (nSPS) is 23.8. The van der Waals surface area contributed by atoms with E-state index in [2.05, 4.69) is 26.7 Å². The lowest BCUT2D eigenvalue weighted by Crippen LogP contribution is -2.51. The van der Waals surface area contributed by atoms with Crippen molar-refractivity contribution >= 4 is 0 Å². The van der Waals surface area contributed by atoms with E-state index in [1.807, 2.05) is 0 Å². The molecule has 3 rings (SSSR count). The second-order valence-corrected chi connectivity index (χ2v) is 7.31. The molecule has 2 fully saturated rings. The van der Waals surface area contributed by atoms with Crippen molar-refractivity contribution in [1.82, 2.24) is 19.8 Å². The molecule has 2 aliphatic heterocycles. The SMILES string of the molecule is CC(CCCc1c[nH]c(=O)[nH]c1=O)N1CCN(CC2CCCO2)CC1. The third-order valence-electron chi connectivity index (χ3n) is 5.48. The predicted octanol–water partition coefficient (Wildman–Crippen LogP) is 0.571. The van der Waals surface area contributed by atoms with Crippen LogP contribution in [-0.2, 0) is 11.2 Å². The van der Waals surface area contributed by atoms with Crippen molar-refractivity contribution in [3.05, 3.63) is 32.6 Å². The van der Waals surface area contributed by atoms with Crippen molar-refractivity contribution in [3.63, 3.8) is 0 Å². The molecule has 2 N–H and O–H groups in total. The van der Waals surface area contributed by atoms with Crippen LogP contribution in [0.2, 0.25) is 0 Å². The molecule has 7 heteroatoms. The van der Waals surface area contributed by atoms with Crippen LogP contribution in [0, 0.1) is 0 Å². The Labute approximate surface area is 148 Å². The molecule has 1 aromatic rings. The summed E-state index contributed by atoms with van der Waals surface area (Å²) in [6, 6.07) is 0.520. The van der Waals surface area contributed by atoms with Gasteiger partial charge in [0.15, 0.2) is 0 Å². The fourth-order valence-corrected chi connectivity index (χ4v) is 3.86. The molecule has 2 aliphatic rings. The second kappa shape index (κ2) is 8.78. The van der Waals surface area contributed by atoms with Gasteiger partial charge in [0, 0.05) is 57.1 Å². The number of aromatic nitrogens is 2. The van der Waals surface area contributed by atoms with Crippen LogP contribution < -0.4 is 11.2 Å². The summed E-state index contributed by atoms with van der Waals surface area (Å²) < 4.78 is 5.74. The lowest BCUT2D eigenvalue weighted by molar-refractivity contribution is 0.0410. The lowest BCUT2D eigenvalue weighted by atomic mass is 10.1. The molecule has 2 saturated heterocycles. The van der Waals surface area contributed by atoms with Gasteiger partial charge in [0.2, 0.25) is 0 Å². The van der Waals surface area contributed by atoms with Gasteiger partial charge < -0.3 is 9.72 Å². The van der Waals surface area contributed by atoms with Gasteiger partial charge in [0.25, 0.3) is 5.56 Å². The molecule has 0 radical (unpaired) electrons. The number of nitrogens with zero attached hydrogens (tertiary/aromatic N) is 2. The van der Waals surface area contributed by atoms with E-state index in [1.165, 1.54) is 19.0 Å². The monoisotopic (exact) mass is 350 g/mol. The number of hydrogen-bond acceptors (Lipinski definition) is 5. The van der Waals surface area contributed by atoms with Crippen LogP contribution >= 0.6 is 0 Å². The minimum atomic E-state index is -0.442. The topological polar surface area (TPSA) is 81.4 Å². The van der Waals surface area contributed by atoms with E-state index in [0.717, 1.165) is 52.2 Å². The molecule has 3 heterocycles. The zero-order valence-corrected chi connectivity index (χ0v) is 15.1. The van der Waals surface area contributed by atoms with E-state index in [1.54, 1.807) is 0 Å². The van der Waals surface area contributed by atoms with E-state index in [4.69, 9.17) is 4.74 Å². The highest BCUT2D eigenvalue weighted by atomic mass is 16.5. The maximum Gasteiger partial charge on any atom is 0.325 e. The summed E-state index contributed by atoms with van der Waals surface area (Å²) in [7, 11) is 0. The van der Waals surface area contributed by atoms with Crippen LogP contribution in [0.25, 0.3) is 0 Å². The minimum absolute atomic E-state index is 0.265. The average Bonchev–Trinajstić information content (AvgIpc) is 3.10. The number of nitrogens with one attached hydrogen (secondary N) is 2. The molecule has 7 nitrogen and oxygen atoms in total. The molecule has 2 atom stereocenters. The van der Waals surface area contributed by atoms with Crippen LogP contribution in [-0.4, -0.2) is 71.2 Å². The highest BCUT2D eigenvalue weighted by molar-refractivity contribution is 5.03. The molecular formula is C18H30N4O3. The first-order valence-electron chi connectivity index (χ1n) is 9.50. The Hall–Kier alpha value is -1.44. The van der Waals surface area contributed by atoms with Crippen molar-refractivity contribution in [2.45, 2.75) is 51.2 Å². The van der Waals surface area contributed by atoms with Gasteiger partial charge in [-0.15, -0.1) is 0 Å². The standard InChI is InChI=1S/C18H30N4O3/c1-14(4-2-5-15-12-19-18(24)20-17(15)23)22-9-7-21(8-10-22)13-16-6-3-11-25-16/h12,14,16H,2-11,13H2,1H3,(H2,19,20,23,24). The van der Waals surface area contributed by atoms with Crippen LogP contribution in [0.5, 0.6) is 0 Å². The van der Waals surface area contributed by atoms with Crippen molar-refractivity contribution in [1.29, 1.82) is 0 Å². The van der Waals surface area contributed by atoms with E-state index in [-0.39, 0.29) is 5.56 Å². The maximum absolute atomic E-state index is 11.7. The zero-order valence-electron chi connectivity index (χ0n) is 15.1. The number of rotatable bonds is 7. The summed E-state index contributed by atoms with van der Waals surface area (Å²) in [5, 5.41) is 0.